The minimum atomic E-state index is -0.983. The first kappa shape index (κ1) is 25.0. The molecule has 3 atom stereocenters. The van der Waals surface area contributed by atoms with Crippen LogP contribution in [0.5, 0.6) is 0 Å². The number of nitrogens with two attached hydrogens (primary N) is 1. The van der Waals surface area contributed by atoms with Crippen LogP contribution < -0.4 is 16.4 Å². The summed E-state index contributed by atoms with van der Waals surface area (Å²) in [5.74, 6) is -3.61. The highest BCUT2D eigenvalue weighted by Gasteiger charge is 2.34. The molecular formula is C25H27N3O5S. The lowest BCUT2D eigenvalue weighted by Crippen LogP contribution is -2.34. The normalized spacial score (nSPS) is 18.0. The van der Waals surface area contributed by atoms with Gasteiger partial charge in [-0.15, -0.1) is 11.8 Å². The maximum atomic E-state index is 12.9. The molecule has 1 aliphatic rings. The van der Waals surface area contributed by atoms with Crippen molar-refractivity contribution in [3.63, 3.8) is 0 Å². The van der Waals surface area contributed by atoms with Gasteiger partial charge >= 0.3 is 5.97 Å². The molecule has 3 unspecified atom stereocenters. The van der Waals surface area contributed by atoms with Gasteiger partial charge in [0, 0.05) is 10.6 Å². The Hall–Kier alpha value is -3.59. The summed E-state index contributed by atoms with van der Waals surface area (Å²) in [5.41, 5.74) is 6.51. The molecular weight excluding hydrogens is 454 g/mol. The zero-order valence-electron chi connectivity index (χ0n) is 18.7. The summed E-state index contributed by atoms with van der Waals surface area (Å²) in [7, 11) is 0. The van der Waals surface area contributed by atoms with Crippen molar-refractivity contribution in [2.45, 2.75) is 36.3 Å². The number of amides is 3. The van der Waals surface area contributed by atoms with Crippen LogP contribution in [0.3, 0.4) is 0 Å². The van der Waals surface area contributed by atoms with E-state index in [4.69, 9.17) is 5.73 Å². The lowest BCUT2D eigenvalue weighted by molar-refractivity contribution is -0.146. The number of hydrogen-bond acceptors (Lipinski definition) is 5. The van der Waals surface area contributed by atoms with E-state index in [-0.39, 0.29) is 17.4 Å². The molecule has 9 heteroatoms. The van der Waals surface area contributed by atoms with Crippen LogP contribution in [0.25, 0.3) is 0 Å². The zero-order chi connectivity index (χ0) is 24.7. The highest BCUT2D eigenvalue weighted by atomic mass is 32.2. The molecule has 0 fully saturated rings. The summed E-state index contributed by atoms with van der Waals surface area (Å²) < 4.78 is 0. The van der Waals surface area contributed by atoms with Crippen LogP contribution in [0, 0.1) is 11.8 Å². The second-order valence-electron chi connectivity index (χ2n) is 7.92. The average Bonchev–Trinajstić information content (AvgIpc) is 2.82. The van der Waals surface area contributed by atoms with Crippen LogP contribution in [0.4, 0.5) is 11.4 Å². The van der Waals surface area contributed by atoms with Crippen LogP contribution in [-0.2, 0) is 14.4 Å². The molecule has 5 N–H and O–H groups in total. The van der Waals surface area contributed by atoms with E-state index >= 15 is 0 Å². The summed E-state index contributed by atoms with van der Waals surface area (Å²) in [6.07, 6.45) is 4.85. The highest BCUT2D eigenvalue weighted by molar-refractivity contribution is 8.00. The molecule has 2 aromatic carbocycles. The predicted molar refractivity (Wildman–Crippen MR) is 132 cm³/mol. The molecule has 0 bridgehead atoms. The molecule has 0 aromatic heterocycles. The van der Waals surface area contributed by atoms with E-state index in [0.717, 1.165) is 4.90 Å². The number of allylic oxidation sites excluding steroid dienone is 2. The quantitative estimate of drug-likeness (QED) is 0.316. The number of benzene rings is 2. The Labute approximate surface area is 202 Å². The number of hydrogen-bond donors (Lipinski definition) is 4. The smallest absolute Gasteiger partial charge is 0.307 e. The van der Waals surface area contributed by atoms with Gasteiger partial charge in [-0.05, 0) is 49.6 Å². The van der Waals surface area contributed by atoms with E-state index in [2.05, 4.69) is 10.6 Å². The number of carboxylic acid groups (broad SMARTS) is 1. The van der Waals surface area contributed by atoms with Gasteiger partial charge in [-0.25, -0.2) is 0 Å². The van der Waals surface area contributed by atoms with Gasteiger partial charge in [0.1, 0.15) is 0 Å². The van der Waals surface area contributed by atoms with Crippen LogP contribution in [0.15, 0.2) is 65.6 Å². The first-order valence-corrected chi connectivity index (χ1v) is 11.8. The van der Waals surface area contributed by atoms with E-state index in [0.29, 0.717) is 30.6 Å². The van der Waals surface area contributed by atoms with Crippen molar-refractivity contribution in [3.8, 4) is 0 Å². The van der Waals surface area contributed by atoms with Gasteiger partial charge in [0.15, 0.2) is 0 Å². The first-order chi connectivity index (χ1) is 16.3. The van der Waals surface area contributed by atoms with Crippen LogP contribution in [0.2, 0.25) is 0 Å². The molecule has 178 valence electrons. The average molecular weight is 482 g/mol. The second-order valence-corrected chi connectivity index (χ2v) is 9.20. The Kier molecular flexibility index (Phi) is 8.48. The zero-order valence-corrected chi connectivity index (χ0v) is 19.5. The number of anilines is 2. The molecule has 3 rings (SSSR count). The standard InChI is InChI=1S/C25H27N3O5S/c1-2-21(24(31)28-20-13-6-5-12-19(20)22(26)29)34-16-9-7-8-15(14-16)27-23(30)17-10-3-4-11-18(17)25(32)33/h3-9,12-14,17-18,21H,2,10-11H2,1H3,(H2,26,29)(H,27,30)(H,28,31)(H,32,33). The maximum Gasteiger partial charge on any atom is 0.307 e. The third-order valence-corrected chi connectivity index (χ3v) is 6.94. The molecule has 34 heavy (non-hydrogen) atoms. The summed E-state index contributed by atoms with van der Waals surface area (Å²) in [6, 6.07) is 13.6. The lowest BCUT2D eigenvalue weighted by Gasteiger charge is -2.24. The lowest BCUT2D eigenvalue weighted by atomic mass is 9.82. The van der Waals surface area contributed by atoms with E-state index < -0.39 is 29.0 Å². The minimum Gasteiger partial charge on any atom is -0.481 e. The molecule has 3 amide bonds. The third-order valence-electron chi connectivity index (χ3n) is 5.58. The maximum absolute atomic E-state index is 12.9. The third kappa shape index (κ3) is 6.26. The molecule has 0 spiro atoms. The fourth-order valence-corrected chi connectivity index (χ4v) is 4.78. The topological polar surface area (TPSA) is 139 Å². The number of aliphatic carboxylic acids is 1. The Morgan fingerprint density at radius 2 is 1.74 bits per heavy atom. The van der Waals surface area contributed by atoms with E-state index in [9.17, 15) is 24.3 Å². The Morgan fingerprint density at radius 1 is 1.03 bits per heavy atom. The molecule has 0 aliphatic heterocycles. The molecule has 0 radical (unpaired) electrons. The summed E-state index contributed by atoms with van der Waals surface area (Å²) in [5, 5.41) is 14.6. The fourth-order valence-electron chi connectivity index (χ4n) is 3.77. The van der Waals surface area contributed by atoms with Gasteiger partial charge in [0.25, 0.3) is 5.91 Å². The van der Waals surface area contributed by atoms with E-state index in [1.165, 1.54) is 11.8 Å². The van der Waals surface area contributed by atoms with Crippen molar-refractivity contribution in [3.05, 3.63) is 66.2 Å². The van der Waals surface area contributed by atoms with E-state index in [1.807, 2.05) is 19.1 Å². The van der Waals surface area contributed by atoms with Crippen LogP contribution >= 0.6 is 11.8 Å². The number of thioether (sulfide) groups is 1. The minimum absolute atomic E-state index is 0.234. The van der Waals surface area contributed by atoms with Crippen LogP contribution in [-0.4, -0.2) is 34.0 Å². The first-order valence-electron chi connectivity index (χ1n) is 10.9. The van der Waals surface area contributed by atoms with Crippen molar-refractivity contribution < 1.29 is 24.3 Å². The highest BCUT2D eigenvalue weighted by Crippen LogP contribution is 2.31. The Balaban J connectivity index is 1.68. The number of carbonyl (C=O) groups excluding carboxylic acids is 3. The van der Waals surface area contributed by atoms with Crippen molar-refractivity contribution in [1.82, 2.24) is 0 Å². The Morgan fingerprint density at radius 3 is 2.41 bits per heavy atom. The van der Waals surface area contributed by atoms with Crippen molar-refractivity contribution in [2.24, 2.45) is 17.6 Å². The summed E-state index contributed by atoms with van der Waals surface area (Å²) >= 11 is 1.33. The van der Waals surface area contributed by atoms with Crippen molar-refractivity contribution in [2.75, 3.05) is 10.6 Å². The molecule has 2 aromatic rings. The molecule has 8 nitrogen and oxygen atoms in total. The number of primary amides is 1. The molecule has 0 heterocycles. The van der Waals surface area contributed by atoms with Gasteiger partial charge in [-0.1, -0.05) is 37.3 Å². The van der Waals surface area contributed by atoms with Gasteiger partial charge in [0.05, 0.1) is 28.3 Å². The summed E-state index contributed by atoms with van der Waals surface area (Å²) in [4.78, 5) is 49.5. The Bertz CT molecular complexity index is 1120. The SMILES string of the molecule is CCC(Sc1cccc(NC(=O)C2CC=CCC2C(=O)O)c1)C(=O)Nc1ccccc1C(N)=O. The molecule has 0 saturated carbocycles. The second kappa shape index (κ2) is 11.5. The fraction of sp³-hybridized carbons (Fsp3) is 0.280. The predicted octanol–water partition coefficient (Wildman–Crippen LogP) is 3.90. The molecule has 1 aliphatic carbocycles. The van der Waals surface area contributed by atoms with Crippen molar-refractivity contribution >= 4 is 46.8 Å². The molecule has 0 saturated heterocycles. The number of nitrogens with one attached hydrogen (secondary N) is 2. The van der Waals surface area contributed by atoms with Gasteiger partial charge < -0.3 is 21.5 Å². The number of para-hydroxylation sites is 1. The number of rotatable bonds is 9. The summed E-state index contributed by atoms with van der Waals surface area (Å²) in [6.45, 7) is 1.88. The number of carboxylic acids is 1. The van der Waals surface area contributed by atoms with Crippen molar-refractivity contribution in [1.29, 1.82) is 0 Å². The largest absolute Gasteiger partial charge is 0.481 e. The van der Waals surface area contributed by atoms with Gasteiger partial charge in [0.2, 0.25) is 11.8 Å². The monoisotopic (exact) mass is 481 g/mol. The van der Waals surface area contributed by atoms with Crippen LogP contribution in [0.1, 0.15) is 36.5 Å². The van der Waals surface area contributed by atoms with Gasteiger partial charge in [-0.2, -0.15) is 0 Å². The van der Waals surface area contributed by atoms with Gasteiger partial charge in [-0.3, -0.25) is 19.2 Å². The van der Waals surface area contributed by atoms with E-state index in [1.54, 1.807) is 48.5 Å². The number of carbonyl (C=O) groups is 4.